The van der Waals surface area contributed by atoms with Crippen LogP contribution in [0.15, 0.2) is 23.0 Å². The Bertz CT molecular complexity index is 290. The highest BCUT2D eigenvalue weighted by Crippen LogP contribution is 2.44. The normalized spacial score (nSPS) is 15.6. The van der Waals surface area contributed by atoms with Crippen molar-refractivity contribution in [2.45, 2.75) is 18.2 Å². The highest BCUT2D eigenvalue weighted by molar-refractivity contribution is 5.13. The minimum absolute atomic E-state index is 0.618. The highest BCUT2D eigenvalue weighted by atomic mass is 19.4. The van der Waals surface area contributed by atoms with Crippen LogP contribution in [0.25, 0.3) is 0 Å². The maximum absolute atomic E-state index is 12.5. The van der Waals surface area contributed by atoms with E-state index in [0.717, 1.165) is 12.3 Å². The molecule has 0 aliphatic carbocycles. The van der Waals surface area contributed by atoms with E-state index in [1.54, 1.807) is 0 Å². The molecule has 0 amide bonds. The minimum atomic E-state index is -5.79. The van der Waals surface area contributed by atoms with Gasteiger partial charge < -0.3 is 9.52 Å². The molecule has 0 fully saturated rings. The van der Waals surface area contributed by atoms with E-state index in [2.05, 4.69) is 4.42 Å². The lowest BCUT2D eigenvalue weighted by Crippen LogP contribution is -2.42. The van der Waals surface area contributed by atoms with E-state index in [1.807, 2.05) is 0 Å². The summed E-state index contributed by atoms with van der Waals surface area (Å²) in [7, 11) is 0. The van der Waals surface area contributed by atoms with Crippen LogP contribution in [-0.4, -0.2) is 17.2 Å². The van der Waals surface area contributed by atoms with E-state index in [9.17, 15) is 22.0 Å². The molecule has 0 saturated carbocycles. The molecule has 0 aromatic carbocycles. The lowest BCUT2D eigenvalue weighted by molar-refractivity contribution is -0.315. The zero-order chi connectivity index (χ0) is 11.0. The lowest BCUT2D eigenvalue weighted by atomic mass is 10.1. The van der Waals surface area contributed by atoms with Gasteiger partial charge in [-0.3, -0.25) is 0 Å². The lowest BCUT2D eigenvalue weighted by Gasteiger charge is -2.23. The largest absolute Gasteiger partial charge is 0.472 e. The van der Waals surface area contributed by atoms with Crippen molar-refractivity contribution in [3.8, 4) is 0 Å². The molecule has 1 heterocycles. The first-order chi connectivity index (χ1) is 6.27. The minimum Gasteiger partial charge on any atom is -0.472 e. The van der Waals surface area contributed by atoms with Gasteiger partial charge in [-0.05, 0) is 6.07 Å². The van der Waals surface area contributed by atoms with Crippen molar-refractivity contribution in [2.75, 3.05) is 0 Å². The van der Waals surface area contributed by atoms with E-state index in [4.69, 9.17) is 5.11 Å². The number of aliphatic hydroxyl groups excluding tert-OH is 1. The van der Waals surface area contributed by atoms with Crippen molar-refractivity contribution in [2.24, 2.45) is 0 Å². The standard InChI is InChI=1S/C7H5F5O2/c8-6(9,7(10,11)12)5(13)4-1-2-14-3-4/h1-3,5,13H/t5-/m1/s1. The Morgan fingerprint density at radius 1 is 1.21 bits per heavy atom. The van der Waals surface area contributed by atoms with Crippen LogP contribution in [0.2, 0.25) is 0 Å². The summed E-state index contributed by atoms with van der Waals surface area (Å²) in [6, 6.07) is 0.838. The molecule has 0 aliphatic heterocycles. The molecule has 1 aromatic heterocycles. The first-order valence-corrected chi connectivity index (χ1v) is 3.41. The molecule has 0 spiro atoms. The zero-order valence-electron chi connectivity index (χ0n) is 6.55. The van der Waals surface area contributed by atoms with Gasteiger partial charge in [-0.15, -0.1) is 0 Å². The molecule has 0 bridgehead atoms. The second-order valence-electron chi connectivity index (χ2n) is 2.58. The Labute approximate surface area is 74.9 Å². The van der Waals surface area contributed by atoms with Crippen LogP contribution in [0.3, 0.4) is 0 Å². The van der Waals surface area contributed by atoms with Crippen molar-refractivity contribution in [3.63, 3.8) is 0 Å². The Morgan fingerprint density at radius 3 is 2.14 bits per heavy atom. The average molecular weight is 216 g/mol. The van der Waals surface area contributed by atoms with Gasteiger partial charge in [0.05, 0.1) is 12.5 Å². The zero-order valence-corrected chi connectivity index (χ0v) is 6.55. The number of aliphatic hydroxyl groups is 1. The van der Waals surface area contributed by atoms with Gasteiger partial charge in [0, 0.05) is 5.56 Å². The molecule has 1 atom stereocenters. The molecule has 80 valence electrons. The van der Waals surface area contributed by atoms with Crippen molar-refractivity contribution >= 4 is 0 Å². The van der Waals surface area contributed by atoms with Gasteiger partial charge in [0.2, 0.25) is 0 Å². The molecule has 1 rings (SSSR count). The number of hydrogen-bond donors (Lipinski definition) is 1. The van der Waals surface area contributed by atoms with Crippen LogP contribution in [-0.2, 0) is 0 Å². The first kappa shape index (κ1) is 11.0. The summed E-state index contributed by atoms with van der Waals surface area (Å²) in [6.07, 6.45) is -7.21. The van der Waals surface area contributed by atoms with E-state index in [-0.39, 0.29) is 0 Å². The smallest absolute Gasteiger partial charge is 0.456 e. The summed E-state index contributed by atoms with van der Waals surface area (Å²) < 4.78 is 64.4. The van der Waals surface area contributed by atoms with E-state index >= 15 is 0 Å². The Morgan fingerprint density at radius 2 is 1.79 bits per heavy atom. The van der Waals surface area contributed by atoms with Crippen LogP contribution in [0.5, 0.6) is 0 Å². The highest BCUT2D eigenvalue weighted by Gasteiger charge is 2.62. The third-order valence-corrected chi connectivity index (χ3v) is 1.58. The number of rotatable bonds is 2. The maximum atomic E-state index is 12.5. The number of halogens is 5. The molecule has 1 aromatic rings. The summed E-state index contributed by atoms with van der Waals surface area (Å²) in [6.45, 7) is 0. The fourth-order valence-electron chi connectivity index (χ4n) is 0.795. The molecule has 0 radical (unpaired) electrons. The predicted octanol–water partition coefficient (Wildman–Crippen LogP) is 2.51. The van der Waals surface area contributed by atoms with Gasteiger partial charge in [-0.2, -0.15) is 22.0 Å². The molecule has 14 heavy (non-hydrogen) atoms. The van der Waals surface area contributed by atoms with Crippen molar-refractivity contribution in [1.29, 1.82) is 0 Å². The molecular weight excluding hydrogens is 211 g/mol. The predicted molar refractivity (Wildman–Crippen MR) is 34.7 cm³/mol. The summed E-state index contributed by atoms with van der Waals surface area (Å²) in [5.41, 5.74) is -0.618. The molecule has 0 saturated heterocycles. The SMILES string of the molecule is O[C@H](c1ccoc1)C(F)(F)C(F)(F)F. The Hall–Kier alpha value is -1.11. The van der Waals surface area contributed by atoms with Crippen molar-refractivity contribution in [3.05, 3.63) is 24.2 Å². The summed E-state index contributed by atoms with van der Waals surface area (Å²) in [4.78, 5) is 0. The van der Waals surface area contributed by atoms with Crippen LogP contribution >= 0.6 is 0 Å². The molecule has 1 N–H and O–H groups in total. The quantitative estimate of drug-likeness (QED) is 0.770. The summed E-state index contributed by atoms with van der Waals surface area (Å²) >= 11 is 0. The van der Waals surface area contributed by atoms with Gasteiger partial charge in [0.1, 0.15) is 0 Å². The molecule has 0 aliphatic rings. The fourth-order valence-corrected chi connectivity index (χ4v) is 0.795. The second kappa shape index (κ2) is 3.23. The Balaban J connectivity index is 2.94. The first-order valence-electron chi connectivity index (χ1n) is 3.41. The second-order valence-corrected chi connectivity index (χ2v) is 2.58. The van der Waals surface area contributed by atoms with Crippen LogP contribution in [0.4, 0.5) is 22.0 Å². The van der Waals surface area contributed by atoms with E-state index in [0.29, 0.717) is 6.26 Å². The maximum Gasteiger partial charge on any atom is 0.456 e. The molecule has 7 heteroatoms. The van der Waals surface area contributed by atoms with Gasteiger partial charge >= 0.3 is 12.1 Å². The third-order valence-electron chi connectivity index (χ3n) is 1.58. The third kappa shape index (κ3) is 1.72. The fraction of sp³-hybridized carbons (Fsp3) is 0.429. The molecule has 2 nitrogen and oxygen atoms in total. The van der Waals surface area contributed by atoms with Crippen molar-refractivity contribution in [1.82, 2.24) is 0 Å². The van der Waals surface area contributed by atoms with E-state index < -0.39 is 23.8 Å². The van der Waals surface area contributed by atoms with Crippen LogP contribution in [0, 0.1) is 0 Å². The van der Waals surface area contributed by atoms with Gasteiger partial charge in [-0.1, -0.05) is 0 Å². The average Bonchev–Trinajstić information content (AvgIpc) is 2.52. The number of alkyl halides is 5. The molecular formula is C7H5F5O2. The number of furan rings is 1. The summed E-state index contributed by atoms with van der Waals surface area (Å²) in [5, 5.41) is 8.74. The van der Waals surface area contributed by atoms with Crippen LogP contribution < -0.4 is 0 Å². The van der Waals surface area contributed by atoms with Gasteiger partial charge in [0.25, 0.3) is 0 Å². The monoisotopic (exact) mass is 216 g/mol. The van der Waals surface area contributed by atoms with E-state index in [1.165, 1.54) is 0 Å². The Kier molecular flexibility index (Phi) is 2.53. The summed E-state index contributed by atoms with van der Waals surface area (Å²) in [5.74, 6) is -5.18. The van der Waals surface area contributed by atoms with Gasteiger partial charge in [0.15, 0.2) is 6.10 Å². The van der Waals surface area contributed by atoms with Crippen molar-refractivity contribution < 1.29 is 31.5 Å². The number of hydrogen-bond acceptors (Lipinski definition) is 2. The van der Waals surface area contributed by atoms with Crippen LogP contribution in [0.1, 0.15) is 11.7 Å². The van der Waals surface area contributed by atoms with Gasteiger partial charge in [-0.25, -0.2) is 0 Å². The topological polar surface area (TPSA) is 33.4 Å². The molecule has 0 unspecified atom stereocenters.